The van der Waals surface area contributed by atoms with Gasteiger partial charge in [0.05, 0.1) is 6.61 Å². The van der Waals surface area contributed by atoms with Crippen molar-refractivity contribution in [3.05, 3.63) is 60.2 Å². The molecule has 144 valence electrons. The van der Waals surface area contributed by atoms with E-state index in [1.807, 2.05) is 37.3 Å². The maximum absolute atomic E-state index is 12.3. The molecule has 0 bridgehead atoms. The van der Waals surface area contributed by atoms with Crippen LogP contribution < -0.4 is 10.1 Å². The van der Waals surface area contributed by atoms with Gasteiger partial charge in [0.2, 0.25) is 11.0 Å². The van der Waals surface area contributed by atoms with Gasteiger partial charge in [-0.15, -0.1) is 0 Å². The summed E-state index contributed by atoms with van der Waals surface area (Å²) in [6.07, 6.45) is 1.15. The Balaban J connectivity index is 1.49. The van der Waals surface area contributed by atoms with Crippen LogP contribution in [0, 0.1) is 0 Å². The minimum atomic E-state index is -0.257. The number of aromatic nitrogens is 2. The fourth-order valence-electron chi connectivity index (χ4n) is 2.49. The fourth-order valence-corrected chi connectivity index (χ4v) is 3.09. The lowest BCUT2D eigenvalue weighted by Gasteiger charge is -2.05. The lowest BCUT2D eigenvalue weighted by Crippen LogP contribution is -2.13. The van der Waals surface area contributed by atoms with Gasteiger partial charge in [0.25, 0.3) is 0 Å². The van der Waals surface area contributed by atoms with Crippen molar-refractivity contribution in [3.63, 3.8) is 0 Å². The zero-order valence-electron chi connectivity index (χ0n) is 15.6. The zero-order chi connectivity index (χ0) is 19.8. The Labute approximate surface area is 167 Å². The van der Waals surface area contributed by atoms with Gasteiger partial charge in [-0.2, -0.15) is 9.36 Å². The van der Waals surface area contributed by atoms with Gasteiger partial charge in [-0.05, 0) is 30.7 Å². The van der Waals surface area contributed by atoms with Crippen molar-refractivity contribution in [3.8, 4) is 17.1 Å². The third-order valence-electron chi connectivity index (χ3n) is 3.93. The molecular weight excluding hydrogens is 374 g/mol. The summed E-state index contributed by atoms with van der Waals surface area (Å²) >= 11 is 1.12. The van der Waals surface area contributed by atoms with E-state index in [4.69, 9.17) is 4.74 Å². The first kappa shape index (κ1) is 19.7. The molecule has 0 saturated carbocycles. The number of carbonyl (C=O) groups excluding carboxylic acids is 2. The Morgan fingerprint density at radius 1 is 1.04 bits per heavy atom. The summed E-state index contributed by atoms with van der Waals surface area (Å²) in [6.45, 7) is 2.68. The van der Waals surface area contributed by atoms with Crippen LogP contribution in [0.25, 0.3) is 11.4 Å². The Kier molecular flexibility index (Phi) is 6.86. The highest BCUT2D eigenvalue weighted by atomic mass is 32.1. The number of hydrogen-bond donors (Lipinski definition) is 1. The number of ether oxygens (including phenoxy) is 1. The van der Waals surface area contributed by atoms with E-state index in [0.717, 1.165) is 29.3 Å². The maximum Gasteiger partial charge on any atom is 0.226 e. The number of nitrogens with zero attached hydrogens (tertiary/aromatic N) is 2. The largest absolute Gasteiger partial charge is 0.494 e. The fraction of sp³-hybridized carbons (Fsp3) is 0.238. The smallest absolute Gasteiger partial charge is 0.226 e. The average Bonchev–Trinajstić information content (AvgIpc) is 3.20. The van der Waals surface area contributed by atoms with Crippen LogP contribution >= 0.6 is 11.5 Å². The lowest BCUT2D eigenvalue weighted by molar-refractivity contribution is -0.116. The summed E-state index contributed by atoms with van der Waals surface area (Å²) < 4.78 is 9.75. The van der Waals surface area contributed by atoms with Crippen LogP contribution in [0.1, 0.15) is 36.5 Å². The summed E-state index contributed by atoms with van der Waals surface area (Å²) in [5.41, 5.74) is 1.46. The number of anilines is 1. The summed E-state index contributed by atoms with van der Waals surface area (Å²) in [4.78, 5) is 28.7. The highest BCUT2D eigenvalue weighted by Crippen LogP contribution is 2.21. The molecule has 0 aliphatic carbocycles. The SMILES string of the molecule is CCCOc1ccc(C(=O)CCC(=O)Nc2nc(-c3ccccc3)ns2)cc1. The second-order valence-corrected chi connectivity index (χ2v) is 6.89. The molecule has 1 aromatic heterocycles. The van der Waals surface area contributed by atoms with Gasteiger partial charge in [-0.1, -0.05) is 37.3 Å². The Hall–Kier alpha value is -3.06. The number of hydrogen-bond acceptors (Lipinski definition) is 6. The maximum atomic E-state index is 12.3. The molecule has 7 heteroatoms. The monoisotopic (exact) mass is 395 g/mol. The second-order valence-electron chi connectivity index (χ2n) is 6.13. The molecule has 0 radical (unpaired) electrons. The Morgan fingerprint density at radius 2 is 1.79 bits per heavy atom. The molecule has 1 heterocycles. The Bertz CT molecular complexity index is 924. The van der Waals surface area contributed by atoms with Gasteiger partial charge in [-0.25, -0.2) is 0 Å². The molecule has 1 amide bonds. The van der Waals surface area contributed by atoms with Crippen LogP contribution in [0.3, 0.4) is 0 Å². The molecule has 1 N–H and O–H groups in total. The van der Waals surface area contributed by atoms with Gasteiger partial charge in [-0.3, -0.25) is 9.59 Å². The van der Waals surface area contributed by atoms with Gasteiger partial charge in [0.1, 0.15) is 5.75 Å². The molecule has 6 nitrogen and oxygen atoms in total. The van der Waals surface area contributed by atoms with Crippen LogP contribution in [-0.4, -0.2) is 27.7 Å². The number of benzene rings is 2. The van der Waals surface area contributed by atoms with E-state index in [1.165, 1.54) is 0 Å². The molecule has 2 aromatic carbocycles. The third kappa shape index (κ3) is 5.47. The average molecular weight is 395 g/mol. The van der Waals surface area contributed by atoms with Crippen LogP contribution in [-0.2, 0) is 4.79 Å². The molecule has 0 aliphatic rings. The molecule has 0 fully saturated rings. The number of Topliss-reactive ketones (excluding diaryl/α,β-unsaturated/α-hetero) is 1. The molecule has 28 heavy (non-hydrogen) atoms. The van der Waals surface area contributed by atoms with E-state index in [9.17, 15) is 9.59 Å². The van der Waals surface area contributed by atoms with E-state index in [0.29, 0.717) is 23.1 Å². The van der Waals surface area contributed by atoms with E-state index < -0.39 is 0 Å². The van der Waals surface area contributed by atoms with Gasteiger partial charge >= 0.3 is 0 Å². The number of ketones is 1. The highest BCUT2D eigenvalue weighted by molar-refractivity contribution is 7.10. The van der Waals surface area contributed by atoms with Gasteiger partial charge < -0.3 is 10.1 Å². The number of carbonyl (C=O) groups is 2. The van der Waals surface area contributed by atoms with Crippen LogP contribution in [0.2, 0.25) is 0 Å². The quantitative estimate of drug-likeness (QED) is 0.536. The third-order valence-corrected chi connectivity index (χ3v) is 4.56. The lowest BCUT2D eigenvalue weighted by atomic mass is 10.1. The van der Waals surface area contributed by atoms with Crippen molar-refractivity contribution in [1.29, 1.82) is 0 Å². The molecule has 3 rings (SSSR count). The summed E-state index contributed by atoms with van der Waals surface area (Å²) in [5.74, 6) is 0.968. The zero-order valence-corrected chi connectivity index (χ0v) is 16.4. The van der Waals surface area contributed by atoms with E-state index in [-0.39, 0.29) is 24.5 Å². The van der Waals surface area contributed by atoms with E-state index in [2.05, 4.69) is 14.7 Å². The van der Waals surface area contributed by atoms with Crippen molar-refractivity contribution in [2.24, 2.45) is 0 Å². The van der Waals surface area contributed by atoms with Crippen molar-refractivity contribution in [1.82, 2.24) is 9.36 Å². The van der Waals surface area contributed by atoms with Gasteiger partial charge in [0, 0.05) is 35.5 Å². The topological polar surface area (TPSA) is 81.2 Å². The highest BCUT2D eigenvalue weighted by Gasteiger charge is 2.12. The predicted octanol–water partition coefficient (Wildman–Crippen LogP) is 4.60. The minimum Gasteiger partial charge on any atom is -0.494 e. The number of nitrogens with one attached hydrogen (secondary N) is 1. The molecule has 0 saturated heterocycles. The molecule has 3 aromatic rings. The van der Waals surface area contributed by atoms with Crippen molar-refractivity contribution in [2.75, 3.05) is 11.9 Å². The Morgan fingerprint density at radius 3 is 2.50 bits per heavy atom. The summed E-state index contributed by atoms with van der Waals surface area (Å²) in [5, 5.41) is 3.13. The molecule has 0 aliphatic heterocycles. The number of amides is 1. The first-order valence-corrected chi connectivity index (χ1v) is 9.88. The van der Waals surface area contributed by atoms with Crippen molar-refractivity contribution >= 4 is 28.4 Å². The first-order valence-electron chi connectivity index (χ1n) is 9.10. The molecule has 0 unspecified atom stereocenters. The van der Waals surface area contributed by atoms with E-state index in [1.54, 1.807) is 24.3 Å². The predicted molar refractivity (Wildman–Crippen MR) is 110 cm³/mol. The summed E-state index contributed by atoms with van der Waals surface area (Å²) in [6, 6.07) is 16.5. The summed E-state index contributed by atoms with van der Waals surface area (Å²) in [7, 11) is 0. The van der Waals surface area contributed by atoms with Crippen LogP contribution in [0.15, 0.2) is 54.6 Å². The first-order chi connectivity index (χ1) is 13.7. The van der Waals surface area contributed by atoms with Crippen LogP contribution in [0.5, 0.6) is 5.75 Å². The molecule has 0 spiro atoms. The van der Waals surface area contributed by atoms with Crippen molar-refractivity contribution < 1.29 is 14.3 Å². The van der Waals surface area contributed by atoms with E-state index >= 15 is 0 Å². The molecular formula is C21H21N3O3S. The van der Waals surface area contributed by atoms with Gasteiger partial charge in [0.15, 0.2) is 11.6 Å². The normalized spacial score (nSPS) is 10.5. The minimum absolute atomic E-state index is 0.0839. The second kappa shape index (κ2) is 9.75. The van der Waals surface area contributed by atoms with Crippen molar-refractivity contribution in [2.45, 2.75) is 26.2 Å². The number of rotatable bonds is 9. The molecule has 0 atom stereocenters. The van der Waals surface area contributed by atoms with Crippen LogP contribution in [0.4, 0.5) is 5.13 Å². The standard InChI is InChI=1S/C21H21N3O3S/c1-2-14-27-17-10-8-15(9-11-17)18(25)12-13-19(26)22-21-23-20(24-28-21)16-6-4-3-5-7-16/h3-11H,2,12-14H2,1H3,(H,22,23,24,26).